The van der Waals surface area contributed by atoms with E-state index in [9.17, 15) is 4.79 Å². The van der Waals surface area contributed by atoms with Crippen molar-refractivity contribution in [3.63, 3.8) is 0 Å². The van der Waals surface area contributed by atoms with Crippen molar-refractivity contribution in [2.45, 2.75) is 26.2 Å². The van der Waals surface area contributed by atoms with Gasteiger partial charge in [0, 0.05) is 11.6 Å². The molecule has 0 aliphatic heterocycles. The van der Waals surface area contributed by atoms with E-state index in [1.54, 1.807) is 0 Å². The van der Waals surface area contributed by atoms with Gasteiger partial charge in [-0.1, -0.05) is 32.9 Å². The van der Waals surface area contributed by atoms with E-state index in [-0.39, 0.29) is 5.41 Å². The van der Waals surface area contributed by atoms with Gasteiger partial charge in [0.15, 0.2) is 0 Å². The summed E-state index contributed by atoms with van der Waals surface area (Å²) in [5.41, 5.74) is 2.24. The monoisotopic (exact) mass is 231 g/mol. The molecule has 0 fully saturated rings. The molecule has 0 atom stereocenters. The number of alkyl carbamates (subject to hydrolysis) is 1. The molecule has 1 N–H and O–H groups in total. The van der Waals surface area contributed by atoms with Crippen molar-refractivity contribution in [1.82, 2.24) is 5.32 Å². The third-order valence-corrected chi connectivity index (χ3v) is 2.31. The zero-order valence-corrected chi connectivity index (χ0v) is 10.6. The van der Waals surface area contributed by atoms with Crippen molar-refractivity contribution >= 4 is 6.09 Å². The minimum atomic E-state index is -0.552. The second-order valence-corrected chi connectivity index (χ2v) is 4.69. The van der Waals surface area contributed by atoms with E-state index < -0.39 is 6.09 Å². The fourth-order valence-electron chi connectivity index (χ4n) is 1.26. The molecule has 0 aromatic heterocycles. The Morgan fingerprint density at radius 2 is 1.82 bits per heavy atom. The highest BCUT2D eigenvalue weighted by Crippen LogP contribution is 2.21. The number of benzene rings is 1. The molecule has 0 saturated carbocycles. The number of nitrogens with one attached hydrogen (secondary N) is 1. The van der Waals surface area contributed by atoms with Gasteiger partial charge in [0.1, 0.15) is 0 Å². The zero-order valence-electron chi connectivity index (χ0n) is 10.6. The number of ether oxygens (including phenoxy) is 1. The Hall–Kier alpha value is -1.95. The average molecular weight is 231 g/mol. The fraction of sp³-hybridized carbons (Fsp3) is 0.357. The van der Waals surface area contributed by atoms with Crippen LogP contribution in [0.1, 0.15) is 31.9 Å². The number of carbonyl (C=O) groups excluding carboxylic acids is 1. The van der Waals surface area contributed by atoms with Crippen molar-refractivity contribution in [2.75, 3.05) is 7.11 Å². The molecule has 3 nitrogen and oxygen atoms in total. The second-order valence-electron chi connectivity index (χ2n) is 4.69. The van der Waals surface area contributed by atoms with Crippen molar-refractivity contribution in [2.24, 2.45) is 0 Å². The zero-order chi connectivity index (χ0) is 12.9. The van der Waals surface area contributed by atoms with Crippen LogP contribution in [0.4, 0.5) is 4.79 Å². The first-order valence-electron chi connectivity index (χ1n) is 5.39. The van der Waals surface area contributed by atoms with Gasteiger partial charge in [-0.25, -0.2) is 10.1 Å². The molecule has 0 radical (unpaired) electrons. The van der Waals surface area contributed by atoms with E-state index in [0.29, 0.717) is 0 Å². The molecule has 90 valence electrons. The third-order valence-electron chi connectivity index (χ3n) is 2.31. The molecule has 0 aliphatic carbocycles. The Kier molecular flexibility index (Phi) is 4.17. The van der Waals surface area contributed by atoms with E-state index in [2.05, 4.69) is 42.8 Å². The molecule has 0 saturated heterocycles. The maximum atomic E-state index is 10.8. The van der Waals surface area contributed by atoms with Crippen LogP contribution in [0.2, 0.25) is 0 Å². The van der Waals surface area contributed by atoms with Crippen LogP contribution in [0, 0.1) is 12.0 Å². The molecule has 1 aromatic carbocycles. The lowest BCUT2D eigenvalue weighted by molar-refractivity contribution is 0.176. The van der Waals surface area contributed by atoms with Crippen molar-refractivity contribution < 1.29 is 9.53 Å². The van der Waals surface area contributed by atoms with Crippen molar-refractivity contribution in [3.8, 4) is 12.0 Å². The summed E-state index contributed by atoms with van der Waals surface area (Å²) in [6.07, 6.45) is -0.552. The smallest absolute Gasteiger partial charge is 0.418 e. The Morgan fingerprint density at radius 3 is 2.29 bits per heavy atom. The minimum Gasteiger partial charge on any atom is -0.452 e. The molecule has 0 heterocycles. The first-order chi connectivity index (χ1) is 7.93. The van der Waals surface area contributed by atoms with Gasteiger partial charge in [-0.3, -0.25) is 0 Å². The first-order valence-corrected chi connectivity index (χ1v) is 5.39. The van der Waals surface area contributed by atoms with Gasteiger partial charge in [0.05, 0.1) is 7.11 Å². The van der Waals surface area contributed by atoms with Crippen molar-refractivity contribution in [3.05, 3.63) is 35.4 Å². The highest BCUT2D eigenvalue weighted by molar-refractivity contribution is 5.69. The number of hydrogen-bond acceptors (Lipinski definition) is 2. The normalized spacial score (nSPS) is 10.1. The molecule has 0 unspecified atom stereocenters. The van der Waals surface area contributed by atoms with E-state index in [1.165, 1.54) is 12.7 Å². The summed E-state index contributed by atoms with van der Waals surface area (Å²) in [7, 11) is 1.30. The van der Waals surface area contributed by atoms with Crippen LogP contribution in [0.5, 0.6) is 0 Å². The Bertz CT molecular complexity index is 444. The Labute approximate surface area is 102 Å². The molecule has 1 rings (SSSR count). The summed E-state index contributed by atoms with van der Waals surface area (Å²) in [5.74, 6) is 2.83. The largest absolute Gasteiger partial charge is 0.452 e. The molecule has 17 heavy (non-hydrogen) atoms. The second kappa shape index (κ2) is 5.40. The summed E-state index contributed by atoms with van der Waals surface area (Å²) < 4.78 is 4.40. The van der Waals surface area contributed by atoms with Crippen LogP contribution in [-0.2, 0) is 10.2 Å². The first kappa shape index (κ1) is 13.1. The van der Waals surface area contributed by atoms with Gasteiger partial charge < -0.3 is 4.74 Å². The van der Waals surface area contributed by atoms with E-state index in [0.717, 1.165) is 5.56 Å². The SMILES string of the molecule is COC(=O)NC#Cc1ccc(C(C)(C)C)cc1. The topological polar surface area (TPSA) is 38.3 Å². The lowest BCUT2D eigenvalue weighted by Crippen LogP contribution is -2.16. The predicted molar refractivity (Wildman–Crippen MR) is 67.6 cm³/mol. The number of rotatable bonds is 0. The standard InChI is InChI=1S/C14H17NO2/c1-14(2,3)12-7-5-11(6-8-12)9-10-15-13(16)17-4/h5-8H,1-4H3,(H,15,16). The molecule has 0 spiro atoms. The van der Waals surface area contributed by atoms with Crippen LogP contribution in [0.25, 0.3) is 0 Å². The van der Waals surface area contributed by atoms with E-state index >= 15 is 0 Å². The summed E-state index contributed by atoms with van der Waals surface area (Å²) >= 11 is 0. The lowest BCUT2D eigenvalue weighted by Gasteiger charge is -2.18. The number of amides is 1. The van der Waals surface area contributed by atoms with E-state index in [4.69, 9.17) is 0 Å². The Balaban J connectivity index is 2.72. The predicted octanol–water partition coefficient (Wildman–Crippen LogP) is 2.65. The van der Waals surface area contributed by atoms with Crippen LogP contribution < -0.4 is 5.32 Å². The quantitative estimate of drug-likeness (QED) is 0.550. The average Bonchev–Trinajstić information content (AvgIpc) is 2.28. The Morgan fingerprint density at radius 1 is 1.24 bits per heavy atom. The highest BCUT2D eigenvalue weighted by Gasteiger charge is 2.12. The van der Waals surface area contributed by atoms with Gasteiger partial charge in [-0.2, -0.15) is 0 Å². The van der Waals surface area contributed by atoms with Crippen LogP contribution >= 0.6 is 0 Å². The van der Waals surface area contributed by atoms with Gasteiger partial charge in [0.25, 0.3) is 0 Å². The van der Waals surface area contributed by atoms with Crippen molar-refractivity contribution in [1.29, 1.82) is 0 Å². The number of carbonyl (C=O) groups is 1. The summed E-state index contributed by atoms with van der Waals surface area (Å²) in [4.78, 5) is 10.8. The molecule has 0 aliphatic rings. The molecule has 1 aromatic rings. The van der Waals surface area contributed by atoms with E-state index in [1.807, 2.05) is 24.3 Å². The molecule has 3 heteroatoms. The van der Waals surface area contributed by atoms with Gasteiger partial charge in [0.2, 0.25) is 0 Å². The number of methoxy groups -OCH3 is 1. The van der Waals surface area contributed by atoms with Crippen LogP contribution in [0.15, 0.2) is 24.3 Å². The summed E-state index contributed by atoms with van der Waals surface area (Å²) in [6, 6.07) is 10.5. The molecular weight excluding hydrogens is 214 g/mol. The minimum absolute atomic E-state index is 0.135. The van der Waals surface area contributed by atoms with Crippen LogP contribution in [0.3, 0.4) is 0 Å². The summed E-state index contributed by atoms with van der Waals surface area (Å²) in [5, 5.41) is 2.30. The molecule has 0 bridgehead atoms. The highest BCUT2D eigenvalue weighted by atomic mass is 16.5. The molecular formula is C14H17NO2. The van der Waals surface area contributed by atoms with Crippen LogP contribution in [-0.4, -0.2) is 13.2 Å². The maximum absolute atomic E-state index is 10.8. The van der Waals surface area contributed by atoms with Gasteiger partial charge >= 0.3 is 6.09 Å². The number of hydrogen-bond donors (Lipinski definition) is 1. The fourth-order valence-corrected chi connectivity index (χ4v) is 1.26. The van der Waals surface area contributed by atoms with Gasteiger partial charge in [-0.15, -0.1) is 0 Å². The maximum Gasteiger partial charge on any atom is 0.418 e. The molecule has 1 amide bonds. The summed E-state index contributed by atoms with van der Waals surface area (Å²) in [6.45, 7) is 6.48. The van der Waals surface area contributed by atoms with Gasteiger partial charge in [-0.05, 0) is 29.0 Å². The lowest BCUT2D eigenvalue weighted by atomic mass is 9.87. The third kappa shape index (κ3) is 4.20.